The summed E-state index contributed by atoms with van der Waals surface area (Å²) in [6, 6.07) is 1.75. The van der Waals surface area contributed by atoms with Gasteiger partial charge in [0.2, 0.25) is 0 Å². The molecular weight excluding hydrogens is 460 g/mol. The van der Waals surface area contributed by atoms with Crippen LogP contribution in [-0.2, 0) is 23.8 Å². The van der Waals surface area contributed by atoms with Gasteiger partial charge in [-0.15, -0.1) is 0 Å². The third kappa shape index (κ3) is 3.78. The lowest BCUT2D eigenvalue weighted by molar-refractivity contribution is -0.319. The lowest BCUT2D eigenvalue weighted by Gasteiger charge is -2.59. The number of esters is 1. The number of rotatable bonds is 4. The number of fused-ring (bicyclic) bond motifs is 3. The first-order valence-corrected chi connectivity index (χ1v) is 12.0. The fourth-order valence-electron chi connectivity index (χ4n) is 6.82. The van der Waals surface area contributed by atoms with Crippen LogP contribution in [0.15, 0.2) is 35.2 Å². The van der Waals surface area contributed by atoms with Crippen LogP contribution in [0.1, 0.15) is 44.8 Å². The maximum Gasteiger partial charge on any atom is 0.310 e. The first kappa shape index (κ1) is 24.6. The standard InChI is InChI=1S/C25H32O10/c1-24-7-5-13-22(31)33-15(12-6-8-32-11-12)9-25(13,2)21(24)14(27)3-4-17(24)35-23-20(30)19(29)18(28)16(10-26)34-23/h3-4,6,8,11,13,15-21,23,26,28-30H,5,7,9-10H2,1-2H3/t13-,15-,16+,17+,18-,19+,20+,21?,23-,24-,25+/m0/s1. The molecule has 3 heterocycles. The van der Waals surface area contributed by atoms with Gasteiger partial charge < -0.3 is 39.1 Å². The average Bonchev–Trinajstić information content (AvgIpc) is 3.35. The van der Waals surface area contributed by atoms with Crippen molar-refractivity contribution in [3.63, 3.8) is 0 Å². The van der Waals surface area contributed by atoms with E-state index in [1.165, 1.54) is 18.6 Å². The van der Waals surface area contributed by atoms with E-state index in [2.05, 4.69) is 0 Å². The monoisotopic (exact) mass is 492 g/mol. The van der Waals surface area contributed by atoms with Crippen molar-refractivity contribution in [2.24, 2.45) is 22.7 Å². The first-order chi connectivity index (χ1) is 16.6. The quantitative estimate of drug-likeness (QED) is 0.440. The second kappa shape index (κ2) is 8.79. The largest absolute Gasteiger partial charge is 0.472 e. The van der Waals surface area contributed by atoms with Gasteiger partial charge in [0.05, 0.1) is 31.2 Å². The summed E-state index contributed by atoms with van der Waals surface area (Å²) in [5.74, 6) is -1.46. The van der Waals surface area contributed by atoms with Crippen LogP contribution in [0.3, 0.4) is 0 Å². The number of carbonyl (C=O) groups excluding carboxylic acids is 2. The molecule has 1 unspecified atom stereocenters. The van der Waals surface area contributed by atoms with Crippen LogP contribution in [0.4, 0.5) is 0 Å². The van der Waals surface area contributed by atoms with Gasteiger partial charge in [0.1, 0.15) is 30.5 Å². The fraction of sp³-hybridized carbons (Fsp3) is 0.680. The van der Waals surface area contributed by atoms with E-state index in [0.717, 1.165) is 5.56 Å². The number of furan rings is 1. The number of hydrogen-bond donors (Lipinski definition) is 4. The van der Waals surface area contributed by atoms with Crippen molar-refractivity contribution in [3.05, 3.63) is 36.3 Å². The van der Waals surface area contributed by atoms with Crippen LogP contribution < -0.4 is 0 Å². The number of hydrogen-bond acceptors (Lipinski definition) is 10. The van der Waals surface area contributed by atoms with E-state index < -0.39 is 72.2 Å². The van der Waals surface area contributed by atoms with Gasteiger partial charge in [-0.1, -0.05) is 19.9 Å². The molecule has 0 aromatic carbocycles. The van der Waals surface area contributed by atoms with Crippen LogP contribution in [0, 0.1) is 22.7 Å². The molecule has 1 saturated carbocycles. The number of carbonyl (C=O) groups is 2. The third-order valence-electron chi connectivity index (χ3n) is 8.67. The average molecular weight is 493 g/mol. The Kier molecular flexibility index (Phi) is 6.18. The van der Waals surface area contributed by atoms with Crippen molar-refractivity contribution >= 4 is 11.8 Å². The summed E-state index contributed by atoms with van der Waals surface area (Å²) in [7, 11) is 0. The number of ketones is 1. The predicted molar refractivity (Wildman–Crippen MR) is 117 cm³/mol. The molecule has 5 rings (SSSR count). The molecule has 10 nitrogen and oxygen atoms in total. The molecule has 0 amide bonds. The van der Waals surface area contributed by atoms with Crippen molar-refractivity contribution in [2.75, 3.05) is 6.61 Å². The molecule has 0 bridgehead atoms. The Morgan fingerprint density at radius 3 is 2.57 bits per heavy atom. The van der Waals surface area contributed by atoms with E-state index >= 15 is 0 Å². The molecular formula is C25H32O10. The zero-order valence-corrected chi connectivity index (χ0v) is 19.6. The number of allylic oxidation sites excluding steroid dienone is 1. The number of ether oxygens (including phenoxy) is 3. The molecule has 35 heavy (non-hydrogen) atoms. The second-order valence-corrected chi connectivity index (χ2v) is 10.7. The molecule has 1 aromatic rings. The highest BCUT2D eigenvalue weighted by Crippen LogP contribution is 2.63. The second-order valence-electron chi connectivity index (χ2n) is 10.7. The smallest absolute Gasteiger partial charge is 0.310 e. The van der Waals surface area contributed by atoms with Gasteiger partial charge in [0.25, 0.3) is 0 Å². The summed E-state index contributed by atoms with van der Waals surface area (Å²) in [5.41, 5.74) is -0.726. The van der Waals surface area contributed by atoms with E-state index in [1.54, 1.807) is 12.1 Å². The maximum atomic E-state index is 13.4. The van der Waals surface area contributed by atoms with Crippen LogP contribution in [0.2, 0.25) is 0 Å². The minimum Gasteiger partial charge on any atom is -0.472 e. The molecule has 3 fully saturated rings. The molecule has 4 aliphatic rings. The van der Waals surface area contributed by atoms with Crippen LogP contribution in [-0.4, -0.2) is 75.6 Å². The number of aliphatic hydroxyl groups is 4. The van der Waals surface area contributed by atoms with E-state index in [9.17, 15) is 30.0 Å². The van der Waals surface area contributed by atoms with Gasteiger partial charge in [-0.2, -0.15) is 0 Å². The summed E-state index contributed by atoms with van der Waals surface area (Å²) >= 11 is 0. The SMILES string of the molecule is C[C@@]12C[C@@H](c3ccoc3)OC(=O)[C@@H]1CC[C@]1(C)C2C(=O)C=C[C@H]1O[C@@H]1O[C@H](CO)[C@H](O)[C@@H](O)[C@H]1O. The Morgan fingerprint density at radius 1 is 1.11 bits per heavy atom. The molecule has 0 spiro atoms. The Labute approximate surface area is 202 Å². The molecule has 2 aliphatic heterocycles. The molecule has 2 saturated heterocycles. The van der Waals surface area contributed by atoms with Crippen molar-refractivity contribution in [2.45, 2.75) is 76.0 Å². The van der Waals surface area contributed by atoms with E-state index in [0.29, 0.717) is 19.3 Å². The van der Waals surface area contributed by atoms with Crippen molar-refractivity contribution in [1.82, 2.24) is 0 Å². The molecule has 10 heteroatoms. The Balaban J connectivity index is 1.45. The summed E-state index contributed by atoms with van der Waals surface area (Å²) in [6.45, 7) is 3.32. The van der Waals surface area contributed by atoms with Gasteiger partial charge in [-0.05, 0) is 36.8 Å². The summed E-state index contributed by atoms with van der Waals surface area (Å²) in [4.78, 5) is 26.5. The summed E-state index contributed by atoms with van der Waals surface area (Å²) < 4.78 is 22.6. The lowest BCUT2D eigenvalue weighted by Crippen LogP contribution is -2.64. The number of aliphatic hydroxyl groups excluding tert-OH is 4. The Hall–Kier alpha value is -2.08. The topological polar surface area (TPSA) is 156 Å². The van der Waals surface area contributed by atoms with E-state index in [4.69, 9.17) is 18.6 Å². The highest BCUT2D eigenvalue weighted by Gasteiger charge is 2.64. The third-order valence-corrected chi connectivity index (χ3v) is 8.67. The molecule has 0 radical (unpaired) electrons. The minimum absolute atomic E-state index is 0.103. The highest BCUT2D eigenvalue weighted by atomic mass is 16.7. The molecule has 1 aromatic heterocycles. The van der Waals surface area contributed by atoms with Gasteiger partial charge in [-0.25, -0.2) is 0 Å². The summed E-state index contributed by atoms with van der Waals surface area (Å²) in [5, 5.41) is 40.3. The van der Waals surface area contributed by atoms with Gasteiger partial charge in [0.15, 0.2) is 12.1 Å². The highest BCUT2D eigenvalue weighted by molar-refractivity contribution is 5.95. The van der Waals surface area contributed by atoms with Gasteiger partial charge >= 0.3 is 5.97 Å². The molecule has 4 N–H and O–H groups in total. The van der Waals surface area contributed by atoms with E-state index in [1.807, 2.05) is 13.8 Å². The van der Waals surface area contributed by atoms with Crippen molar-refractivity contribution in [1.29, 1.82) is 0 Å². The Bertz CT molecular complexity index is 988. The van der Waals surface area contributed by atoms with Gasteiger partial charge in [0, 0.05) is 16.9 Å². The maximum absolute atomic E-state index is 13.4. The normalized spacial score (nSPS) is 47.7. The Morgan fingerprint density at radius 2 is 1.89 bits per heavy atom. The molecule has 2 aliphatic carbocycles. The zero-order chi connectivity index (χ0) is 25.1. The minimum atomic E-state index is -1.57. The predicted octanol–water partition coefficient (Wildman–Crippen LogP) is 0.630. The van der Waals surface area contributed by atoms with Crippen LogP contribution >= 0.6 is 0 Å². The van der Waals surface area contributed by atoms with Crippen LogP contribution in [0.5, 0.6) is 0 Å². The fourth-order valence-corrected chi connectivity index (χ4v) is 6.82. The summed E-state index contributed by atoms with van der Waals surface area (Å²) in [6.07, 6.45) is -0.720. The number of cyclic esters (lactones) is 1. The lowest BCUT2D eigenvalue weighted by atomic mass is 9.46. The van der Waals surface area contributed by atoms with Crippen LogP contribution in [0.25, 0.3) is 0 Å². The molecule has 11 atom stereocenters. The van der Waals surface area contributed by atoms with Crippen molar-refractivity contribution < 1.29 is 48.6 Å². The van der Waals surface area contributed by atoms with Crippen molar-refractivity contribution in [3.8, 4) is 0 Å². The first-order valence-electron chi connectivity index (χ1n) is 12.0. The zero-order valence-electron chi connectivity index (χ0n) is 19.6. The van der Waals surface area contributed by atoms with Gasteiger partial charge in [-0.3, -0.25) is 9.59 Å². The molecule has 192 valence electrons. The van der Waals surface area contributed by atoms with E-state index in [-0.39, 0.29) is 11.8 Å².